The minimum atomic E-state index is -1.28. The van der Waals surface area contributed by atoms with Crippen molar-refractivity contribution < 1.29 is 14.6 Å². The van der Waals surface area contributed by atoms with E-state index in [1.165, 1.54) is 12.8 Å². The molecule has 3 heterocycles. The lowest BCUT2D eigenvalue weighted by Crippen LogP contribution is -2.46. The van der Waals surface area contributed by atoms with Crippen molar-refractivity contribution in [1.29, 1.82) is 0 Å². The summed E-state index contributed by atoms with van der Waals surface area (Å²) in [4.78, 5) is 21.0. The highest BCUT2D eigenvalue weighted by molar-refractivity contribution is 5.84. The maximum atomic E-state index is 12.5. The molecule has 2 fully saturated rings. The Balaban J connectivity index is 1.63. The molecular weight excluding hydrogens is 318 g/mol. The van der Waals surface area contributed by atoms with Crippen molar-refractivity contribution in [3.8, 4) is 5.75 Å². The fourth-order valence-corrected chi connectivity index (χ4v) is 3.76. The van der Waals surface area contributed by atoms with Gasteiger partial charge in [0.1, 0.15) is 11.7 Å². The Kier molecular flexibility index (Phi) is 5.47. The summed E-state index contributed by atoms with van der Waals surface area (Å²) < 4.78 is 6.19. The molecule has 0 aliphatic carbocycles. The fourth-order valence-electron chi connectivity index (χ4n) is 3.76. The third kappa shape index (κ3) is 4.06. The van der Waals surface area contributed by atoms with Crippen LogP contribution in [0.2, 0.25) is 0 Å². The van der Waals surface area contributed by atoms with E-state index < -0.39 is 5.60 Å². The second-order valence-corrected chi connectivity index (χ2v) is 7.32. The number of hydrogen-bond acceptors (Lipinski definition) is 5. The molecule has 25 heavy (non-hydrogen) atoms. The van der Waals surface area contributed by atoms with Crippen LogP contribution in [-0.4, -0.2) is 58.8 Å². The third-order valence-corrected chi connectivity index (χ3v) is 5.08. The average molecular weight is 347 g/mol. The van der Waals surface area contributed by atoms with Crippen LogP contribution < -0.4 is 9.64 Å². The molecule has 0 bridgehead atoms. The van der Waals surface area contributed by atoms with Crippen LogP contribution in [0.5, 0.6) is 5.75 Å². The summed E-state index contributed by atoms with van der Waals surface area (Å²) in [7, 11) is 0. The van der Waals surface area contributed by atoms with Crippen LogP contribution in [0.4, 0.5) is 5.82 Å². The first-order valence-electron chi connectivity index (χ1n) is 9.39. The summed E-state index contributed by atoms with van der Waals surface area (Å²) in [6.07, 6.45) is 6.17. The first-order valence-corrected chi connectivity index (χ1v) is 9.39. The van der Waals surface area contributed by atoms with Crippen molar-refractivity contribution in [2.45, 2.75) is 57.7 Å². The molecule has 2 saturated heterocycles. The lowest BCUT2D eigenvalue weighted by Gasteiger charge is -2.28. The zero-order valence-corrected chi connectivity index (χ0v) is 15.3. The van der Waals surface area contributed by atoms with Crippen molar-refractivity contribution in [2.75, 3.05) is 31.1 Å². The number of hydrogen-bond donors (Lipinski definition) is 1. The number of anilines is 1. The van der Waals surface area contributed by atoms with Crippen LogP contribution >= 0.6 is 0 Å². The summed E-state index contributed by atoms with van der Waals surface area (Å²) in [5.74, 6) is 1.51. The van der Waals surface area contributed by atoms with Gasteiger partial charge >= 0.3 is 0 Å². The lowest BCUT2D eigenvalue weighted by atomic mass is 9.99. The van der Waals surface area contributed by atoms with E-state index in [1.807, 2.05) is 19.1 Å². The molecule has 0 radical (unpaired) electrons. The van der Waals surface area contributed by atoms with E-state index in [-0.39, 0.29) is 12.0 Å². The van der Waals surface area contributed by atoms with E-state index in [0.29, 0.717) is 19.5 Å². The Bertz CT molecular complexity index is 599. The van der Waals surface area contributed by atoms with Crippen LogP contribution in [0.3, 0.4) is 0 Å². The normalized spacial score (nSPS) is 22.9. The van der Waals surface area contributed by atoms with Crippen molar-refractivity contribution in [3.05, 3.63) is 18.3 Å². The smallest absolute Gasteiger partial charge is 0.254 e. The molecule has 1 amide bonds. The summed E-state index contributed by atoms with van der Waals surface area (Å²) >= 11 is 0. The van der Waals surface area contributed by atoms with Gasteiger partial charge in [-0.25, -0.2) is 4.98 Å². The summed E-state index contributed by atoms with van der Waals surface area (Å²) in [6, 6.07) is 3.84. The maximum Gasteiger partial charge on any atom is 0.254 e. The van der Waals surface area contributed by atoms with Gasteiger partial charge in [0, 0.05) is 32.3 Å². The molecule has 6 nitrogen and oxygen atoms in total. The molecular formula is C19H29N3O3. The van der Waals surface area contributed by atoms with Gasteiger partial charge in [-0.1, -0.05) is 13.3 Å². The number of carbonyl (C=O) groups excluding carboxylic acids is 1. The van der Waals surface area contributed by atoms with E-state index >= 15 is 0 Å². The van der Waals surface area contributed by atoms with Crippen LogP contribution in [-0.2, 0) is 4.79 Å². The standard InChI is InChI=1S/C19H29N3O3/c1-3-9-19(2,24)18(23)22-13-8-15(14-22)25-16-7-6-10-20-17(16)21-11-4-5-12-21/h6-7,10,15,24H,3-5,8-9,11-14H2,1-2H3/t15-,19+/m1/s1. The molecule has 2 atom stereocenters. The van der Waals surface area contributed by atoms with Crippen LogP contribution in [0.25, 0.3) is 0 Å². The van der Waals surface area contributed by atoms with Gasteiger partial charge in [0.25, 0.3) is 5.91 Å². The van der Waals surface area contributed by atoms with Crippen molar-refractivity contribution in [1.82, 2.24) is 9.88 Å². The molecule has 138 valence electrons. The van der Waals surface area contributed by atoms with Crippen LogP contribution in [0.1, 0.15) is 46.0 Å². The molecule has 0 aromatic carbocycles. The Morgan fingerprint density at radius 2 is 2.16 bits per heavy atom. The summed E-state index contributed by atoms with van der Waals surface area (Å²) in [5, 5.41) is 10.4. The topological polar surface area (TPSA) is 65.9 Å². The molecule has 1 aromatic heterocycles. The number of amides is 1. The highest BCUT2D eigenvalue weighted by Crippen LogP contribution is 2.30. The van der Waals surface area contributed by atoms with E-state index in [9.17, 15) is 9.90 Å². The van der Waals surface area contributed by atoms with Crippen molar-refractivity contribution in [3.63, 3.8) is 0 Å². The van der Waals surface area contributed by atoms with Gasteiger partial charge in [0.05, 0.1) is 6.54 Å². The highest BCUT2D eigenvalue weighted by atomic mass is 16.5. The Labute approximate surface area is 149 Å². The zero-order valence-electron chi connectivity index (χ0n) is 15.3. The molecule has 6 heteroatoms. The molecule has 2 aliphatic heterocycles. The predicted octanol–water partition coefficient (Wildman–Crippen LogP) is 2.21. The second-order valence-electron chi connectivity index (χ2n) is 7.32. The molecule has 1 aromatic rings. The van der Waals surface area contributed by atoms with E-state index in [2.05, 4.69) is 9.88 Å². The van der Waals surface area contributed by atoms with Crippen molar-refractivity contribution in [2.24, 2.45) is 0 Å². The molecule has 0 spiro atoms. The number of nitrogens with zero attached hydrogens (tertiary/aromatic N) is 3. The molecule has 0 unspecified atom stereocenters. The van der Waals surface area contributed by atoms with Gasteiger partial charge in [-0.15, -0.1) is 0 Å². The van der Waals surface area contributed by atoms with Crippen LogP contribution in [0, 0.1) is 0 Å². The maximum absolute atomic E-state index is 12.5. The van der Waals surface area contributed by atoms with Crippen LogP contribution in [0.15, 0.2) is 18.3 Å². The number of ether oxygens (including phenoxy) is 1. The molecule has 1 N–H and O–H groups in total. The van der Waals surface area contributed by atoms with Gasteiger partial charge in [-0.3, -0.25) is 4.79 Å². The number of carbonyl (C=O) groups is 1. The van der Waals surface area contributed by atoms with E-state index in [0.717, 1.165) is 37.5 Å². The lowest BCUT2D eigenvalue weighted by molar-refractivity contribution is -0.149. The fraction of sp³-hybridized carbons (Fsp3) is 0.684. The molecule has 2 aliphatic rings. The van der Waals surface area contributed by atoms with Gasteiger partial charge in [-0.05, 0) is 38.3 Å². The largest absolute Gasteiger partial charge is 0.485 e. The Morgan fingerprint density at radius 3 is 2.88 bits per heavy atom. The zero-order chi connectivity index (χ0) is 17.9. The van der Waals surface area contributed by atoms with Gasteiger partial charge in [-0.2, -0.15) is 0 Å². The first-order chi connectivity index (χ1) is 12.0. The predicted molar refractivity (Wildman–Crippen MR) is 96.8 cm³/mol. The SMILES string of the molecule is CCC[C@](C)(O)C(=O)N1CC[C@@H](Oc2cccnc2N2CCCC2)C1. The second kappa shape index (κ2) is 7.60. The minimum absolute atomic E-state index is 0.0491. The van der Waals surface area contributed by atoms with E-state index in [4.69, 9.17) is 4.74 Å². The number of rotatable bonds is 6. The highest BCUT2D eigenvalue weighted by Gasteiger charge is 2.37. The monoisotopic (exact) mass is 347 g/mol. The van der Waals surface area contributed by atoms with Crippen molar-refractivity contribution >= 4 is 11.7 Å². The Hall–Kier alpha value is -1.82. The number of pyridine rings is 1. The molecule has 3 rings (SSSR count). The number of likely N-dealkylation sites (tertiary alicyclic amines) is 1. The van der Waals surface area contributed by atoms with Gasteiger partial charge in [0.15, 0.2) is 11.6 Å². The number of aromatic nitrogens is 1. The quantitative estimate of drug-likeness (QED) is 0.855. The number of aliphatic hydroxyl groups is 1. The summed E-state index contributed by atoms with van der Waals surface area (Å²) in [6.45, 7) is 6.76. The Morgan fingerprint density at radius 1 is 1.40 bits per heavy atom. The van der Waals surface area contributed by atoms with E-state index in [1.54, 1.807) is 18.0 Å². The van der Waals surface area contributed by atoms with Gasteiger partial charge in [0.2, 0.25) is 0 Å². The summed E-state index contributed by atoms with van der Waals surface area (Å²) in [5.41, 5.74) is -1.28. The average Bonchev–Trinajstić information content (AvgIpc) is 3.26. The third-order valence-electron chi connectivity index (χ3n) is 5.08. The minimum Gasteiger partial charge on any atom is -0.485 e. The first kappa shape index (κ1) is 18.0. The van der Waals surface area contributed by atoms with Gasteiger partial charge < -0.3 is 19.6 Å². The molecule has 0 saturated carbocycles.